The first-order valence-corrected chi connectivity index (χ1v) is 4.86. The monoisotopic (exact) mass is 237 g/mol. The lowest BCUT2D eigenvalue weighted by atomic mass is 10.0. The number of aromatic hydroxyl groups is 2. The number of nitrogens with zero attached hydrogens (tertiary/aromatic N) is 1. The summed E-state index contributed by atoms with van der Waals surface area (Å²) in [7, 11) is 0. The molecule has 0 fully saturated rings. The molecule has 0 radical (unpaired) electrons. The molecule has 6 heteroatoms. The van der Waals surface area contributed by atoms with E-state index in [9.17, 15) is 20.4 Å². The molecular weight excluding hydrogens is 226 g/mol. The Morgan fingerprint density at radius 1 is 1.18 bits per heavy atom. The van der Waals surface area contributed by atoms with Crippen LogP contribution < -0.4 is 0 Å². The van der Waals surface area contributed by atoms with Crippen LogP contribution in [0.5, 0.6) is 11.5 Å². The number of phenols is 2. The Kier molecular flexibility index (Phi) is 2.74. The van der Waals surface area contributed by atoms with E-state index in [0.29, 0.717) is 0 Å². The Balaban J connectivity index is 2.69. The fourth-order valence-corrected chi connectivity index (χ4v) is 1.63. The van der Waals surface area contributed by atoms with Gasteiger partial charge in [-0.2, -0.15) is 0 Å². The van der Waals surface area contributed by atoms with Gasteiger partial charge < -0.3 is 24.9 Å². The fourth-order valence-electron chi connectivity index (χ4n) is 1.63. The molecule has 0 saturated carbocycles. The second-order valence-electron chi connectivity index (χ2n) is 3.55. The van der Waals surface area contributed by atoms with E-state index >= 15 is 0 Å². The molecule has 1 heterocycles. The molecule has 0 saturated heterocycles. The highest BCUT2D eigenvalue weighted by molar-refractivity contribution is 5.75. The number of rotatable bonds is 2. The summed E-state index contributed by atoms with van der Waals surface area (Å²) in [5, 5.41) is 41.3. The van der Waals surface area contributed by atoms with Crippen molar-refractivity contribution in [3.8, 4) is 22.8 Å². The van der Waals surface area contributed by atoms with Crippen LogP contribution in [-0.4, -0.2) is 25.6 Å². The summed E-state index contributed by atoms with van der Waals surface area (Å²) in [5.41, 5.74) is 0.0300. The molecule has 1 aromatic heterocycles. The topological polar surface area (TPSA) is 107 Å². The van der Waals surface area contributed by atoms with Crippen molar-refractivity contribution in [3.05, 3.63) is 29.5 Å². The summed E-state index contributed by atoms with van der Waals surface area (Å²) in [6.45, 7) is 1.50. The van der Waals surface area contributed by atoms with E-state index in [0.717, 1.165) is 0 Å². The fraction of sp³-hybridized carbons (Fsp3) is 0.182. The molecule has 1 aromatic carbocycles. The van der Waals surface area contributed by atoms with Crippen LogP contribution in [0.4, 0.5) is 0 Å². The second kappa shape index (κ2) is 4.08. The van der Waals surface area contributed by atoms with Crippen LogP contribution in [0.3, 0.4) is 0 Å². The van der Waals surface area contributed by atoms with Crippen LogP contribution >= 0.6 is 0 Å². The lowest BCUT2D eigenvalue weighted by molar-refractivity contribution is -0.0430. The van der Waals surface area contributed by atoms with Crippen molar-refractivity contribution < 1.29 is 24.9 Å². The average molecular weight is 237 g/mol. The summed E-state index contributed by atoms with van der Waals surface area (Å²) >= 11 is 0. The van der Waals surface area contributed by atoms with E-state index in [-0.39, 0.29) is 34.1 Å². The number of benzene rings is 1. The minimum atomic E-state index is -1.80. The van der Waals surface area contributed by atoms with Crippen LogP contribution in [-0.2, 0) is 0 Å². The Morgan fingerprint density at radius 3 is 2.29 bits per heavy atom. The van der Waals surface area contributed by atoms with Gasteiger partial charge in [-0.3, -0.25) is 0 Å². The SMILES string of the molecule is Cc1onc(-c2c(O)cccc2O)c1C(O)O. The van der Waals surface area contributed by atoms with E-state index in [1.807, 2.05) is 0 Å². The number of aliphatic hydroxyl groups is 2. The van der Waals surface area contributed by atoms with Crippen molar-refractivity contribution in [2.24, 2.45) is 0 Å². The molecule has 0 unspecified atom stereocenters. The lowest BCUT2D eigenvalue weighted by Crippen LogP contribution is -1.98. The number of phenolic OH excluding ortho intramolecular Hbond substituents is 2. The molecule has 0 amide bonds. The van der Waals surface area contributed by atoms with E-state index in [1.165, 1.54) is 25.1 Å². The Hall–Kier alpha value is -2.05. The van der Waals surface area contributed by atoms with E-state index in [4.69, 9.17) is 4.52 Å². The predicted octanol–water partition coefficient (Wildman–Crippen LogP) is 1.04. The van der Waals surface area contributed by atoms with Gasteiger partial charge in [0.25, 0.3) is 0 Å². The highest BCUT2D eigenvalue weighted by atomic mass is 16.5. The molecule has 0 aliphatic rings. The van der Waals surface area contributed by atoms with Crippen LogP contribution in [0.15, 0.2) is 22.7 Å². The maximum absolute atomic E-state index is 9.66. The zero-order valence-corrected chi connectivity index (χ0v) is 8.95. The quantitative estimate of drug-likeness (QED) is 0.581. The molecule has 17 heavy (non-hydrogen) atoms. The lowest BCUT2D eigenvalue weighted by Gasteiger charge is -2.07. The molecule has 2 rings (SSSR count). The normalized spacial score (nSPS) is 11.1. The highest BCUT2D eigenvalue weighted by Crippen LogP contribution is 2.40. The molecular formula is C11H11NO5. The Bertz CT molecular complexity index is 527. The largest absolute Gasteiger partial charge is 0.507 e. The minimum absolute atomic E-state index is 0.00690. The van der Waals surface area contributed by atoms with Crippen molar-refractivity contribution in [1.29, 1.82) is 0 Å². The predicted molar refractivity (Wildman–Crippen MR) is 57.2 cm³/mol. The first kappa shape index (κ1) is 11.4. The van der Waals surface area contributed by atoms with Crippen molar-refractivity contribution in [2.75, 3.05) is 0 Å². The Labute approximate surface area is 96.4 Å². The Morgan fingerprint density at radius 2 is 1.76 bits per heavy atom. The third-order valence-electron chi connectivity index (χ3n) is 2.42. The first-order valence-electron chi connectivity index (χ1n) is 4.86. The van der Waals surface area contributed by atoms with Gasteiger partial charge in [-0.1, -0.05) is 11.2 Å². The average Bonchev–Trinajstić information content (AvgIpc) is 2.60. The van der Waals surface area contributed by atoms with Gasteiger partial charge in [0, 0.05) is 0 Å². The van der Waals surface area contributed by atoms with Gasteiger partial charge in [0.1, 0.15) is 23.0 Å². The molecule has 90 valence electrons. The van der Waals surface area contributed by atoms with Crippen LogP contribution in [0.1, 0.15) is 17.6 Å². The van der Waals surface area contributed by atoms with Gasteiger partial charge in [-0.15, -0.1) is 0 Å². The summed E-state index contributed by atoms with van der Waals surface area (Å²) in [6, 6.07) is 4.16. The van der Waals surface area contributed by atoms with E-state index in [2.05, 4.69) is 5.16 Å². The zero-order chi connectivity index (χ0) is 12.6. The van der Waals surface area contributed by atoms with Gasteiger partial charge in [0.05, 0.1) is 11.1 Å². The van der Waals surface area contributed by atoms with Gasteiger partial charge >= 0.3 is 0 Å². The van der Waals surface area contributed by atoms with Crippen molar-refractivity contribution >= 4 is 0 Å². The number of hydrogen-bond donors (Lipinski definition) is 4. The molecule has 0 aliphatic carbocycles. The third-order valence-corrected chi connectivity index (χ3v) is 2.42. The number of aromatic nitrogens is 1. The number of hydrogen-bond acceptors (Lipinski definition) is 6. The molecule has 2 aromatic rings. The minimum Gasteiger partial charge on any atom is -0.507 e. The summed E-state index contributed by atoms with van der Waals surface area (Å²) in [6.07, 6.45) is -1.80. The first-order chi connectivity index (χ1) is 8.02. The molecule has 0 aliphatic heterocycles. The summed E-state index contributed by atoms with van der Waals surface area (Å²) in [4.78, 5) is 0. The van der Waals surface area contributed by atoms with Gasteiger partial charge in [-0.05, 0) is 19.1 Å². The van der Waals surface area contributed by atoms with Gasteiger partial charge in [-0.25, -0.2) is 0 Å². The molecule has 0 bridgehead atoms. The van der Waals surface area contributed by atoms with Crippen molar-refractivity contribution in [3.63, 3.8) is 0 Å². The smallest absolute Gasteiger partial charge is 0.184 e. The zero-order valence-electron chi connectivity index (χ0n) is 8.95. The molecule has 0 spiro atoms. The molecule has 6 nitrogen and oxygen atoms in total. The third kappa shape index (κ3) is 1.83. The second-order valence-corrected chi connectivity index (χ2v) is 3.55. The maximum Gasteiger partial charge on any atom is 0.184 e. The number of aryl methyl sites for hydroxylation is 1. The highest BCUT2D eigenvalue weighted by Gasteiger charge is 2.24. The number of aliphatic hydroxyl groups excluding tert-OH is 1. The van der Waals surface area contributed by atoms with Crippen LogP contribution in [0, 0.1) is 6.92 Å². The molecule has 0 atom stereocenters. The van der Waals surface area contributed by atoms with Crippen LogP contribution in [0.2, 0.25) is 0 Å². The van der Waals surface area contributed by atoms with Crippen LogP contribution in [0.25, 0.3) is 11.3 Å². The van der Waals surface area contributed by atoms with Gasteiger partial charge in [0.15, 0.2) is 6.29 Å². The van der Waals surface area contributed by atoms with E-state index in [1.54, 1.807) is 0 Å². The van der Waals surface area contributed by atoms with Crippen molar-refractivity contribution in [1.82, 2.24) is 5.16 Å². The standard InChI is InChI=1S/C11H11NO5/c1-5-8(11(15)16)10(12-17-5)9-6(13)3-2-4-7(9)14/h2-4,11,13-16H,1H3. The van der Waals surface area contributed by atoms with E-state index < -0.39 is 6.29 Å². The summed E-state index contributed by atoms with van der Waals surface area (Å²) in [5.74, 6) is -0.238. The maximum atomic E-state index is 9.66. The van der Waals surface area contributed by atoms with Crippen molar-refractivity contribution in [2.45, 2.75) is 13.2 Å². The summed E-state index contributed by atoms with van der Waals surface area (Å²) < 4.78 is 4.83. The van der Waals surface area contributed by atoms with Gasteiger partial charge in [0.2, 0.25) is 0 Å². The molecule has 4 N–H and O–H groups in total.